The van der Waals surface area contributed by atoms with E-state index in [0.717, 1.165) is 45.0 Å². The molecule has 3 fully saturated rings. The molecule has 154 valence electrons. The number of hydrogen-bond donors (Lipinski definition) is 2. The van der Waals surface area contributed by atoms with E-state index in [1.54, 1.807) is 0 Å². The summed E-state index contributed by atoms with van der Waals surface area (Å²) in [4.78, 5) is 18.6. The van der Waals surface area contributed by atoms with Gasteiger partial charge in [-0.1, -0.05) is 26.2 Å². The molecule has 3 atom stereocenters. The maximum absolute atomic E-state index is 11.9. The molecule has 3 unspecified atom stereocenters. The Morgan fingerprint density at radius 1 is 1.19 bits per heavy atom. The molecule has 2 N–H and O–H groups in total. The van der Waals surface area contributed by atoms with Crippen molar-refractivity contribution >= 4 is 11.9 Å². The highest BCUT2D eigenvalue weighted by molar-refractivity contribution is 5.81. The number of amides is 1. The van der Waals surface area contributed by atoms with Crippen LogP contribution in [-0.2, 0) is 9.53 Å². The number of likely N-dealkylation sites (tertiary alicyclic amines) is 1. The van der Waals surface area contributed by atoms with Crippen LogP contribution < -0.4 is 10.6 Å². The van der Waals surface area contributed by atoms with Crippen LogP contribution in [0.2, 0.25) is 0 Å². The fourth-order valence-corrected chi connectivity index (χ4v) is 5.24. The van der Waals surface area contributed by atoms with E-state index >= 15 is 0 Å². The van der Waals surface area contributed by atoms with Gasteiger partial charge in [0.25, 0.3) is 0 Å². The normalized spacial score (nSPS) is 30.3. The van der Waals surface area contributed by atoms with Crippen LogP contribution in [0.25, 0.3) is 0 Å². The van der Waals surface area contributed by atoms with Gasteiger partial charge in [0.05, 0.1) is 6.10 Å². The average Bonchev–Trinajstić information content (AvgIpc) is 3.16. The van der Waals surface area contributed by atoms with E-state index in [-0.39, 0.29) is 11.3 Å². The molecule has 27 heavy (non-hydrogen) atoms. The topological polar surface area (TPSA) is 66.0 Å². The predicted octanol–water partition coefficient (Wildman–Crippen LogP) is 2.68. The Hall–Kier alpha value is -1.30. The number of ether oxygens (including phenoxy) is 1. The number of rotatable bonds is 6. The van der Waals surface area contributed by atoms with Crippen LogP contribution in [0, 0.1) is 5.41 Å². The minimum atomic E-state index is 0.251. The van der Waals surface area contributed by atoms with Gasteiger partial charge < -0.3 is 20.3 Å². The van der Waals surface area contributed by atoms with E-state index < -0.39 is 0 Å². The molecular formula is C21H38N4O2. The van der Waals surface area contributed by atoms with Gasteiger partial charge in [-0.15, -0.1) is 0 Å². The fourth-order valence-electron chi connectivity index (χ4n) is 5.24. The predicted molar refractivity (Wildman–Crippen MR) is 109 cm³/mol. The molecular weight excluding hydrogens is 340 g/mol. The van der Waals surface area contributed by atoms with Gasteiger partial charge in [0.15, 0.2) is 5.96 Å². The van der Waals surface area contributed by atoms with Crippen molar-refractivity contribution in [1.82, 2.24) is 15.5 Å². The smallest absolute Gasteiger partial charge is 0.222 e. The lowest BCUT2D eigenvalue weighted by Crippen LogP contribution is -2.67. The van der Waals surface area contributed by atoms with Crippen LogP contribution in [0.3, 0.4) is 0 Å². The number of hydrogen-bond acceptors (Lipinski definition) is 3. The Bertz CT molecular complexity index is 530. The molecule has 1 spiro atoms. The van der Waals surface area contributed by atoms with Crippen molar-refractivity contribution in [2.45, 2.75) is 90.3 Å². The Morgan fingerprint density at radius 3 is 2.63 bits per heavy atom. The lowest BCUT2D eigenvalue weighted by molar-refractivity contribution is -0.145. The summed E-state index contributed by atoms with van der Waals surface area (Å²) in [6.07, 6.45) is 9.55. The van der Waals surface area contributed by atoms with Crippen molar-refractivity contribution in [1.29, 1.82) is 0 Å². The standard InChI is InChI=1S/C21H38N4O2/c1-4-19(26)25-13-10-16(15-25)23-20(22-5-2)24-17-14-18(27-6-3)21(17)11-8-7-9-12-21/h16-18H,4-15H2,1-3H3,(H2,22,23,24). The lowest BCUT2D eigenvalue weighted by Gasteiger charge is -2.58. The zero-order chi connectivity index (χ0) is 19.3. The zero-order valence-electron chi connectivity index (χ0n) is 17.4. The second-order valence-corrected chi connectivity index (χ2v) is 8.32. The first kappa shape index (κ1) is 20.4. The van der Waals surface area contributed by atoms with Crippen LogP contribution in [0.5, 0.6) is 0 Å². The maximum Gasteiger partial charge on any atom is 0.222 e. The minimum absolute atomic E-state index is 0.251. The van der Waals surface area contributed by atoms with Gasteiger partial charge >= 0.3 is 0 Å². The monoisotopic (exact) mass is 378 g/mol. The van der Waals surface area contributed by atoms with Crippen molar-refractivity contribution in [3.05, 3.63) is 0 Å². The summed E-state index contributed by atoms with van der Waals surface area (Å²) in [6.45, 7) is 9.31. The molecule has 0 aromatic heterocycles. The Labute approximate surface area is 164 Å². The first-order valence-electron chi connectivity index (χ1n) is 11.1. The first-order chi connectivity index (χ1) is 13.1. The maximum atomic E-state index is 11.9. The van der Waals surface area contributed by atoms with Crippen LogP contribution in [0.15, 0.2) is 4.99 Å². The van der Waals surface area contributed by atoms with Crippen molar-refractivity contribution < 1.29 is 9.53 Å². The van der Waals surface area contributed by atoms with Crippen molar-refractivity contribution in [2.24, 2.45) is 10.4 Å². The largest absolute Gasteiger partial charge is 0.378 e. The van der Waals surface area contributed by atoms with Crippen LogP contribution in [0.1, 0.15) is 72.1 Å². The third kappa shape index (κ3) is 4.41. The van der Waals surface area contributed by atoms with Gasteiger partial charge in [0.1, 0.15) is 0 Å². The summed E-state index contributed by atoms with van der Waals surface area (Å²) in [6, 6.07) is 0.741. The molecule has 2 saturated carbocycles. The second-order valence-electron chi connectivity index (χ2n) is 8.32. The molecule has 0 radical (unpaired) electrons. The molecule has 1 amide bonds. The molecule has 3 aliphatic rings. The Morgan fingerprint density at radius 2 is 1.96 bits per heavy atom. The number of carbonyl (C=O) groups excluding carboxylic acids is 1. The molecule has 2 aliphatic carbocycles. The van der Waals surface area contributed by atoms with Crippen molar-refractivity contribution in [3.63, 3.8) is 0 Å². The quantitative estimate of drug-likeness (QED) is 0.551. The number of guanidine groups is 1. The zero-order valence-corrected chi connectivity index (χ0v) is 17.4. The number of carbonyl (C=O) groups is 1. The SMILES string of the molecule is CCN=C(NC1CCN(C(=O)CC)C1)NC1CC(OCC)C12CCCCC2. The van der Waals surface area contributed by atoms with Crippen molar-refractivity contribution in [2.75, 3.05) is 26.2 Å². The summed E-state index contributed by atoms with van der Waals surface area (Å²) in [5.41, 5.74) is 0.282. The summed E-state index contributed by atoms with van der Waals surface area (Å²) in [5, 5.41) is 7.34. The Balaban J connectivity index is 1.60. The molecule has 3 rings (SSSR count). The van der Waals surface area contributed by atoms with Gasteiger partial charge in [-0.3, -0.25) is 9.79 Å². The van der Waals surface area contributed by atoms with Crippen LogP contribution in [-0.4, -0.2) is 61.2 Å². The van der Waals surface area contributed by atoms with E-state index in [4.69, 9.17) is 9.73 Å². The lowest BCUT2D eigenvalue weighted by atomic mass is 9.55. The number of nitrogens with one attached hydrogen (secondary N) is 2. The van der Waals surface area contributed by atoms with Gasteiger partial charge in [-0.05, 0) is 39.5 Å². The van der Waals surface area contributed by atoms with Gasteiger partial charge in [-0.25, -0.2) is 0 Å². The van der Waals surface area contributed by atoms with E-state index in [0.29, 0.717) is 24.6 Å². The molecule has 0 bridgehead atoms. The van der Waals surface area contributed by atoms with E-state index in [2.05, 4.69) is 24.5 Å². The Kier molecular flexibility index (Phi) is 7.01. The third-order valence-corrected chi connectivity index (χ3v) is 6.75. The molecule has 0 aromatic carbocycles. The number of aliphatic imine (C=N–C) groups is 1. The van der Waals surface area contributed by atoms with Crippen LogP contribution >= 0.6 is 0 Å². The first-order valence-corrected chi connectivity index (χ1v) is 11.1. The fraction of sp³-hybridized carbons (Fsp3) is 0.905. The van der Waals surface area contributed by atoms with Gasteiger partial charge in [0.2, 0.25) is 5.91 Å². The summed E-state index contributed by atoms with van der Waals surface area (Å²) in [5.74, 6) is 1.17. The summed E-state index contributed by atoms with van der Waals surface area (Å²) >= 11 is 0. The second kappa shape index (κ2) is 9.26. The molecule has 6 heteroatoms. The molecule has 1 aliphatic heterocycles. The minimum Gasteiger partial charge on any atom is -0.378 e. The highest BCUT2D eigenvalue weighted by atomic mass is 16.5. The summed E-state index contributed by atoms with van der Waals surface area (Å²) in [7, 11) is 0. The molecule has 0 aromatic rings. The molecule has 6 nitrogen and oxygen atoms in total. The van der Waals surface area contributed by atoms with Gasteiger partial charge in [-0.2, -0.15) is 0 Å². The number of nitrogens with zero attached hydrogens (tertiary/aromatic N) is 2. The molecule has 1 heterocycles. The van der Waals surface area contributed by atoms with Gasteiger partial charge in [0, 0.05) is 50.2 Å². The highest BCUT2D eigenvalue weighted by Crippen LogP contribution is 2.53. The van der Waals surface area contributed by atoms with E-state index in [1.807, 2.05) is 11.8 Å². The third-order valence-electron chi connectivity index (χ3n) is 6.75. The van der Waals surface area contributed by atoms with Crippen molar-refractivity contribution in [3.8, 4) is 0 Å². The van der Waals surface area contributed by atoms with E-state index in [9.17, 15) is 4.79 Å². The van der Waals surface area contributed by atoms with E-state index in [1.165, 1.54) is 32.1 Å². The highest BCUT2D eigenvalue weighted by Gasteiger charge is 2.56. The molecule has 1 saturated heterocycles. The van der Waals surface area contributed by atoms with Crippen LogP contribution in [0.4, 0.5) is 0 Å². The average molecular weight is 379 g/mol. The summed E-state index contributed by atoms with van der Waals surface area (Å²) < 4.78 is 6.08.